The van der Waals surface area contributed by atoms with E-state index in [1.807, 2.05) is 55.6 Å². The Kier molecular flexibility index (Phi) is 6.34. The van der Waals surface area contributed by atoms with Gasteiger partial charge < -0.3 is 23.7 Å². The highest BCUT2D eigenvalue weighted by atomic mass is 28.4. The van der Waals surface area contributed by atoms with E-state index in [9.17, 15) is 4.80 Å². The van der Waals surface area contributed by atoms with Crippen LogP contribution < -0.4 is 24.1 Å². The van der Waals surface area contributed by atoms with Crippen LogP contribution in [0, 0.1) is 0 Å². The first-order valence-electron chi connectivity index (χ1n) is 8.23. The van der Waals surface area contributed by atoms with Crippen LogP contribution in [0.1, 0.15) is 11.1 Å². The zero-order valence-electron chi connectivity index (χ0n) is 16.1. The summed E-state index contributed by atoms with van der Waals surface area (Å²) in [5, 5.41) is 0.868. The van der Waals surface area contributed by atoms with Gasteiger partial charge in [-0.3, -0.25) is 0 Å². The fourth-order valence-corrected chi connectivity index (χ4v) is 4.01. The molecule has 0 fully saturated rings. The molecule has 2 rings (SSSR count). The van der Waals surface area contributed by atoms with Crippen molar-refractivity contribution in [1.29, 1.82) is 0 Å². The zero-order chi connectivity index (χ0) is 19.3. The van der Waals surface area contributed by atoms with Gasteiger partial charge in [-0.15, -0.1) is 0 Å². The lowest BCUT2D eigenvalue weighted by molar-refractivity contribution is 0.324. The van der Waals surface area contributed by atoms with Crippen molar-refractivity contribution in [3.05, 3.63) is 41.5 Å². The van der Waals surface area contributed by atoms with Crippen LogP contribution >= 0.6 is 0 Å². The van der Waals surface area contributed by atoms with Gasteiger partial charge in [-0.2, -0.15) is 0 Å². The molecule has 2 aromatic rings. The van der Waals surface area contributed by atoms with E-state index >= 15 is 0 Å². The summed E-state index contributed by atoms with van der Waals surface area (Å²) in [5.74, 6) is 2.48. The molecule has 0 radical (unpaired) electrons. The summed E-state index contributed by atoms with van der Waals surface area (Å²) in [6, 6.07) is 9.58. The molecule has 2 aromatic carbocycles. The van der Waals surface area contributed by atoms with Gasteiger partial charge in [0.05, 0.1) is 28.4 Å². The summed E-state index contributed by atoms with van der Waals surface area (Å²) in [6.45, 7) is 3.75. The molecule has 0 aliphatic heterocycles. The smallest absolute Gasteiger partial charge is 0.217 e. The van der Waals surface area contributed by atoms with E-state index in [4.69, 9.17) is 18.9 Å². The van der Waals surface area contributed by atoms with Crippen LogP contribution in [0.25, 0.3) is 12.2 Å². The van der Waals surface area contributed by atoms with Crippen molar-refractivity contribution < 1.29 is 23.7 Å². The number of rotatable bonds is 7. The van der Waals surface area contributed by atoms with Crippen molar-refractivity contribution in [2.45, 2.75) is 13.1 Å². The number of methoxy groups -OCH3 is 4. The lowest BCUT2D eigenvalue weighted by Crippen LogP contribution is -2.42. The highest BCUT2D eigenvalue weighted by molar-refractivity contribution is 6.84. The van der Waals surface area contributed by atoms with Gasteiger partial charge in [0.2, 0.25) is 14.1 Å². The Balaban J connectivity index is 2.41. The van der Waals surface area contributed by atoms with Gasteiger partial charge in [-0.25, -0.2) is 0 Å². The van der Waals surface area contributed by atoms with Gasteiger partial charge in [0.15, 0.2) is 11.5 Å². The third-order valence-electron chi connectivity index (χ3n) is 4.04. The number of hydrogen-bond acceptors (Lipinski definition) is 5. The fraction of sp³-hybridized carbons (Fsp3) is 0.300. The maximum atomic E-state index is 10.5. The molecule has 1 N–H and O–H groups in total. The summed E-state index contributed by atoms with van der Waals surface area (Å²) in [4.78, 5) is 10.5. The lowest BCUT2D eigenvalue weighted by atomic mass is 10.1. The van der Waals surface area contributed by atoms with Crippen molar-refractivity contribution in [2.24, 2.45) is 0 Å². The molecule has 0 saturated carbocycles. The highest BCUT2D eigenvalue weighted by Gasteiger charge is 2.24. The minimum Gasteiger partial charge on any atom is -0.497 e. The van der Waals surface area contributed by atoms with Gasteiger partial charge in [-0.05, 0) is 48.5 Å². The summed E-state index contributed by atoms with van der Waals surface area (Å²) in [7, 11) is 3.88. The molecular weight excluding hydrogens is 348 g/mol. The minimum atomic E-state index is -2.50. The molecule has 140 valence electrons. The second-order valence-corrected chi connectivity index (χ2v) is 9.97. The van der Waals surface area contributed by atoms with Crippen LogP contribution in [0.3, 0.4) is 0 Å². The average molecular weight is 375 g/mol. The Hall–Kier alpha value is -2.44. The SMILES string of the molecule is COc1ccc(/C=C\c2cc(OC)c(OC)c(OC)c2)cc1[Si](C)(C)O. The van der Waals surface area contributed by atoms with Crippen LogP contribution in [-0.4, -0.2) is 41.6 Å². The van der Waals surface area contributed by atoms with Crippen LogP contribution in [-0.2, 0) is 0 Å². The molecule has 0 unspecified atom stereocenters. The molecular formula is C20H26O5Si. The molecule has 0 aromatic heterocycles. The van der Waals surface area contributed by atoms with E-state index in [1.165, 1.54) is 0 Å². The molecule has 0 saturated heterocycles. The van der Waals surface area contributed by atoms with Crippen LogP contribution in [0.5, 0.6) is 23.0 Å². The average Bonchev–Trinajstić information content (AvgIpc) is 2.64. The van der Waals surface area contributed by atoms with Gasteiger partial charge in [0.25, 0.3) is 0 Å². The van der Waals surface area contributed by atoms with Gasteiger partial charge in [0.1, 0.15) is 5.75 Å². The third-order valence-corrected chi connectivity index (χ3v) is 5.75. The lowest BCUT2D eigenvalue weighted by Gasteiger charge is -2.18. The zero-order valence-corrected chi connectivity index (χ0v) is 17.1. The van der Waals surface area contributed by atoms with E-state index in [2.05, 4.69) is 0 Å². The van der Waals surface area contributed by atoms with Gasteiger partial charge in [-0.1, -0.05) is 18.2 Å². The number of hydrogen-bond donors (Lipinski definition) is 1. The second-order valence-electron chi connectivity index (χ2n) is 6.31. The highest BCUT2D eigenvalue weighted by Crippen LogP contribution is 2.38. The molecule has 5 nitrogen and oxygen atoms in total. The van der Waals surface area contributed by atoms with Gasteiger partial charge >= 0.3 is 0 Å². The van der Waals surface area contributed by atoms with Crippen molar-refractivity contribution in [3.8, 4) is 23.0 Å². The van der Waals surface area contributed by atoms with E-state index in [-0.39, 0.29) is 0 Å². The second kappa shape index (κ2) is 8.29. The summed E-state index contributed by atoms with van der Waals surface area (Å²) in [6.07, 6.45) is 3.94. The molecule has 0 aliphatic rings. The van der Waals surface area contributed by atoms with Gasteiger partial charge in [0, 0.05) is 5.19 Å². The summed E-state index contributed by atoms with van der Waals surface area (Å²) >= 11 is 0. The van der Waals surface area contributed by atoms with Crippen molar-refractivity contribution in [3.63, 3.8) is 0 Å². The Morgan fingerprint density at radius 3 is 1.73 bits per heavy atom. The van der Waals surface area contributed by atoms with Crippen molar-refractivity contribution >= 4 is 25.7 Å². The predicted octanol–water partition coefficient (Wildman–Crippen LogP) is 3.30. The molecule has 26 heavy (non-hydrogen) atoms. The largest absolute Gasteiger partial charge is 0.497 e. The molecule has 0 amide bonds. The van der Waals surface area contributed by atoms with Crippen LogP contribution in [0.15, 0.2) is 30.3 Å². The quantitative estimate of drug-likeness (QED) is 0.595. The predicted molar refractivity (Wildman–Crippen MR) is 107 cm³/mol. The van der Waals surface area contributed by atoms with Crippen LogP contribution in [0.2, 0.25) is 13.1 Å². The topological polar surface area (TPSA) is 57.2 Å². The van der Waals surface area contributed by atoms with E-state index in [0.717, 1.165) is 16.3 Å². The minimum absolute atomic E-state index is 0.562. The van der Waals surface area contributed by atoms with Crippen LogP contribution in [0.4, 0.5) is 0 Å². The molecule has 0 bridgehead atoms. The monoisotopic (exact) mass is 374 g/mol. The summed E-state index contributed by atoms with van der Waals surface area (Å²) < 4.78 is 21.5. The van der Waals surface area contributed by atoms with E-state index in [1.54, 1.807) is 28.4 Å². The molecule has 0 aliphatic carbocycles. The fourth-order valence-electron chi connectivity index (χ4n) is 2.70. The first-order valence-corrected chi connectivity index (χ1v) is 11.2. The molecule has 0 spiro atoms. The van der Waals surface area contributed by atoms with Crippen molar-refractivity contribution in [1.82, 2.24) is 0 Å². The maximum absolute atomic E-state index is 10.5. The molecule has 0 heterocycles. The standard InChI is InChI=1S/C20H26O5Si/c1-22-16-10-9-14(13-19(16)26(5,6)21)7-8-15-11-17(23-2)20(25-4)18(12-15)24-3/h7-13,21H,1-6H3/b8-7-. The van der Waals surface area contributed by atoms with E-state index in [0.29, 0.717) is 23.0 Å². The molecule has 0 atom stereocenters. The third kappa shape index (κ3) is 4.39. The first kappa shape index (κ1) is 19.9. The maximum Gasteiger partial charge on any atom is 0.217 e. The molecule has 6 heteroatoms. The van der Waals surface area contributed by atoms with Crippen molar-refractivity contribution in [2.75, 3.05) is 28.4 Å². The Labute approximate surface area is 155 Å². The number of benzene rings is 2. The number of ether oxygens (including phenoxy) is 4. The summed E-state index contributed by atoms with van der Waals surface area (Å²) in [5.41, 5.74) is 1.89. The first-order chi connectivity index (χ1) is 12.3. The van der Waals surface area contributed by atoms with E-state index < -0.39 is 8.32 Å². The normalized spacial score (nSPS) is 11.5. The Bertz CT molecular complexity index is 768. The Morgan fingerprint density at radius 2 is 1.27 bits per heavy atom. The Morgan fingerprint density at radius 1 is 0.731 bits per heavy atom.